The lowest BCUT2D eigenvalue weighted by atomic mass is 9.96. The molecule has 0 bridgehead atoms. The summed E-state index contributed by atoms with van der Waals surface area (Å²) in [5.74, 6) is -3.24. The van der Waals surface area contributed by atoms with Gasteiger partial charge in [-0.3, -0.25) is 14.4 Å². The van der Waals surface area contributed by atoms with Gasteiger partial charge in [-0.25, -0.2) is 8.78 Å². The van der Waals surface area contributed by atoms with E-state index in [9.17, 15) is 23.2 Å². The summed E-state index contributed by atoms with van der Waals surface area (Å²) in [6.45, 7) is 6.85. The predicted molar refractivity (Wildman–Crippen MR) is 166 cm³/mol. The minimum Gasteiger partial charge on any atom is -0.375 e. The lowest BCUT2D eigenvalue weighted by Gasteiger charge is -2.36. The number of aryl methyl sites for hydroxylation is 1. The smallest absolute Gasteiger partial charge is 0.254 e. The molecule has 3 amide bonds. The Hall–Kier alpha value is -4.15. The van der Waals surface area contributed by atoms with E-state index in [2.05, 4.69) is 12.2 Å². The molecule has 0 heterocycles. The van der Waals surface area contributed by atoms with Crippen LogP contribution in [-0.2, 0) is 24.2 Å². The van der Waals surface area contributed by atoms with Gasteiger partial charge in [0.1, 0.15) is 11.6 Å². The van der Waals surface area contributed by atoms with Gasteiger partial charge in [-0.15, -0.1) is 0 Å². The topological polar surface area (TPSA) is 128 Å². The summed E-state index contributed by atoms with van der Waals surface area (Å²) in [7, 11) is 0. The van der Waals surface area contributed by atoms with Crippen molar-refractivity contribution in [2.75, 3.05) is 19.7 Å². The number of hydrogen-bond acceptors (Lipinski definition) is 5. The minimum absolute atomic E-state index is 0.000333. The van der Waals surface area contributed by atoms with Gasteiger partial charge in [0.15, 0.2) is 0 Å². The molecular formula is C34H42F2N4O4. The molecule has 0 spiro atoms. The Balaban J connectivity index is 1.97. The zero-order valence-electron chi connectivity index (χ0n) is 25.6. The molecule has 3 aromatic rings. The second-order valence-electron chi connectivity index (χ2n) is 10.8. The predicted octanol–water partition coefficient (Wildman–Crippen LogP) is 4.77. The van der Waals surface area contributed by atoms with Crippen LogP contribution in [0, 0.1) is 11.6 Å². The van der Waals surface area contributed by atoms with E-state index >= 15 is 0 Å². The molecule has 0 radical (unpaired) electrons. The van der Waals surface area contributed by atoms with Crippen LogP contribution in [0.4, 0.5) is 8.78 Å². The molecule has 5 N–H and O–H groups in total. The van der Waals surface area contributed by atoms with E-state index in [1.807, 2.05) is 38.1 Å². The number of ether oxygens (including phenoxy) is 1. The van der Waals surface area contributed by atoms with Crippen LogP contribution in [0.5, 0.6) is 0 Å². The third-order valence-electron chi connectivity index (χ3n) is 7.23. The second kappa shape index (κ2) is 16.6. The van der Waals surface area contributed by atoms with Crippen LogP contribution in [0.25, 0.3) is 0 Å². The van der Waals surface area contributed by atoms with Crippen molar-refractivity contribution in [3.63, 3.8) is 0 Å². The standard InChI is InChI=1S/C34H42F2N4O4/c1-4-10-39-33(42)26-16-25(32(38)41)17-27(18-26)34(43)40(11-5-2)31(15-24-13-28(35)19-29(36)14-24)30(37)21-44-20-23-9-7-8-22(6-3)12-23/h7-9,12-14,16-19,30-31H,4-6,10-11,15,20-21,37H2,1-3H3,(H2,38,41)(H,39,42)/t30?,31-/m0/s1. The Kier molecular flexibility index (Phi) is 13.0. The summed E-state index contributed by atoms with van der Waals surface area (Å²) in [5, 5.41) is 2.74. The molecule has 3 rings (SSSR count). The SMILES string of the molecule is CCCNC(=O)c1cc(C(N)=O)cc(C(=O)N(CCC)[C@@H](Cc2cc(F)cc(F)c2)C(N)COCc2cccc(CC)c2)c1. The molecule has 0 saturated carbocycles. The maximum atomic E-state index is 14.2. The van der Waals surface area contributed by atoms with Gasteiger partial charge in [0, 0.05) is 41.9 Å². The Bertz CT molecular complexity index is 1430. The highest BCUT2D eigenvalue weighted by Crippen LogP contribution is 2.21. The van der Waals surface area contributed by atoms with Crippen LogP contribution in [0.15, 0.2) is 60.7 Å². The largest absolute Gasteiger partial charge is 0.375 e. The van der Waals surface area contributed by atoms with Crippen molar-refractivity contribution in [1.82, 2.24) is 10.2 Å². The number of carbonyl (C=O) groups is 3. The van der Waals surface area contributed by atoms with Gasteiger partial charge in [-0.2, -0.15) is 0 Å². The normalized spacial score (nSPS) is 12.4. The van der Waals surface area contributed by atoms with Gasteiger partial charge in [0.05, 0.1) is 19.3 Å². The van der Waals surface area contributed by atoms with Crippen LogP contribution in [0.2, 0.25) is 0 Å². The summed E-state index contributed by atoms with van der Waals surface area (Å²) < 4.78 is 34.3. The van der Waals surface area contributed by atoms with Crippen LogP contribution in [0.3, 0.4) is 0 Å². The average Bonchev–Trinajstić information content (AvgIpc) is 3.00. The number of rotatable bonds is 16. The molecule has 0 aliphatic rings. The Morgan fingerprint density at radius 2 is 1.52 bits per heavy atom. The van der Waals surface area contributed by atoms with Gasteiger partial charge >= 0.3 is 0 Å². The summed E-state index contributed by atoms with van der Waals surface area (Å²) in [5.41, 5.74) is 14.9. The van der Waals surface area contributed by atoms with Crippen molar-refractivity contribution < 1.29 is 27.9 Å². The van der Waals surface area contributed by atoms with E-state index in [-0.39, 0.29) is 36.3 Å². The van der Waals surface area contributed by atoms with Crippen LogP contribution < -0.4 is 16.8 Å². The Labute approximate surface area is 257 Å². The van der Waals surface area contributed by atoms with Crippen molar-refractivity contribution in [3.8, 4) is 0 Å². The van der Waals surface area contributed by atoms with E-state index in [1.165, 1.54) is 40.8 Å². The number of carbonyl (C=O) groups excluding carboxylic acids is 3. The number of amides is 3. The summed E-state index contributed by atoms with van der Waals surface area (Å²) in [6, 6.07) is 13.8. The van der Waals surface area contributed by atoms with Gasteiger partial charge < -0.3 is 26.4 Å². The lowest BCUT2D eigenvalue weighted by Crippen LogP contribution is -2.53. The first-order valence-corrected chi connectivity index (χ1v) is 15.0. The molecule has 0 fully saturated rings. The number of nitrogens with two attached hydrogens (primary N) is 2. The summed E-state index contributed by atoms with van der Waals surface area (Å²) in [6.07, 6.45) is 2.16. The number of nitrogens with one attached hydrogen (secondary N) is 1. The fourth-order valence-electron chi connectivity index (χ4n) is 5.02. The van der Waals surface area contributed by atoms with Crippen molar-refractivity contribution in [1.29, 1.82) is 0 Å². The van der Waals surface area contributed by atoms with Gasteiger partial charge in [-0.05, 0) is 72.7 Å². The maximum Gasteiger partial charge on any atom is 0.254 e. The van der Waals surface area contributed by atoms with Crippen LogP contribution in [-0.4, -0.2) is 54.4 Å². The molecular weight excluding hydrogens is 566 g/mol. The van der Waals surface area contributed by atoms with Crippen LogP contribution >= 0.6 is 0 Å². The zero-order valence-corrected chi connectivity index (χ0v) is 25.6. The monoisotopic (exact) mass is 608 g/mol. The molecule has 44 heavy (non-hydrogen) atoms. The number of nitrogens with zero attached hydrogens (tertiary/aromatic N) is 1. The number of halogens is 2. The molecule has 3 aromatic carbocycles. The molecule has 0 saturated heterocycles. The van der Waals surface area contributed by atoms with Gasteiger partial charge in [-0.1, -0.05) is 45.0 Å². The average molecular weight is 609 g/mol. The first-order chi connectivity index (χ1) is 21.1. The maximum absolute atomic E-state index is 14.2. The first-order valence-electron chi connectivity index (χ1n) is 15.0. The molecule has 236 valence electrons. The van der Waals surface area contributed by atoms with E-state index in [4.69, 9.17) is 16.2 Å². The van der Waals surface area contributed by atoms with Crippen molar-refractivity contribution >= 4 is 17.7 Å². The molecule has 8 nitrogen and oxygen atoms in total. The lowest BCUT2D eigenvalue weighted by molar-refractivity contribution is 0.0508. The van der Waals surface area contributed by atoms with E-state index in [0.717, 1.165) is 18.1 Å². The molecule has 0 aliphatic heterocycles. The van der Waals surface area contributed by atoms with E-state index < -0.39 is 41.4 Å². The molecule has 0 aliphatic carbocycles. The van der Waals surface area contributed by atoms with E-state index in [1.54, 1.807) is 0 Å². The van der Waals surface area contributed by atoms with Crippen molar-refractivity contribution in [2.24, 2.45) is 11.5 Å². The molecule has 10 heteroatoms. The molecule has 2 atom stereocenters. The third-order valence-corrected chi connectivity index (χ3v) is 7.23. The molecule has 0 aromatic heterocycles. The Morgan fingerprint density at radius 3 is 2.16 bits per heavy atom. The van der Waals surface area contributed by atoms with Crippen molar-refractivity contribution in [2.45, 2.75) is 65.1 Å². The van der Waals surface area contributed by atoms with Gasteiger partial charge in [0.2, 0.25) is 5.91 Å². The third kappa shape index (κ3) is 9.68. The number of hydrogen-bond donors (Lipinski definition) is 3. The van der Waals surface area contributed by atoms with E-state index in [0.29, 0.717) is 31.6 Å². The second-order valence-corrected chi connectivity index (χ2v) is 10.8. The van der Waals surface area contributed by atoms with Crippen molar-refractivity contribution in [3.05, 3.63) is 106 Å². The highest BCUT2D eigenvalue weighted by molar-refractivity contribution is 6.04. The zero-order chi connectivity index (χ0) is 32.2. The highest BCUT2D eigenvalue weighted by atomic mass is 19.1. The quantitative estimate of drug-likeness (QED) is 0.216. The van der Waals surface area contributed by atoms with Gasteiger partial charge in [0.25, 0.3) is 11.8 Å². The summed E-state index contributed by atoms with van der Waals surface area (Å²) >= 11 is 0. The summed E-state index contributed by atoms with van der Waals surface area (Å²) in [4.78, 5) is 40.6. The van der Waals surface area contributed by atoms with Crippen LogP contribution in [0.1, 0.15) is 81.4 Å². The fraction of sp³-hybridized carbons (Fsp3) is 0.382. The first kappa shape index (κ1) is 34.3. The minimum atomic E-state index is -0.796. The number of primary amides is 1. The molecule has 1 unspecified atom stereocenters. The number of benzene rings is 3. The highest BCUT2D eigenvalue weighted by Gasteiger charge is 2.31. The Morgan fingerprint density at radius 1 is 0.864 bits per heavy atom. The fourth-order valence-corrected chi connectivity index (χ4v) is 5.02.